The van der Waals surface area contributed by atoms with E-state index in [1.165, 1.54) is 0 Å². The highest BCUT2D eigenvalue weighted by atomic mass is 32.1. The quantitative estimate of drug-likeness (QED) is 0.0366. The van der Waals surface area contributed by atoms with Gasteiger partial charge in [-0.1, -0.05) is 30.3 Å². The van der Waals surface area contributed by atoms with E-state index in [4.69, 9.17) is 17.2 Å². The summed E-state index contributed by atoms with van der Waals surface area (Å²) < 4.78 is 0. The molecular formula is C30H46N10O8S. The van der Waals surface area contributed by atoms with Crippen LogP contribution in [0, 0.1) is 0 Å². The number of carboxylic acid groups (broad SMARTS) is 1. The van der Waals surface area contributed by atoms with Crippen molar-refractivity contribution in [2.24, 2.45) is 22.2 Å². The Balaban J connectivity index is 2.41. The lowest BCUT2D eigenvalue weighted by Crippen LogP contribution is -2.58. The van der Waals surface area contributed by atoms with Gasteiger partial charge in [0.2, 0.25) is 35.4 Å². The van der Waals surface area contributed by atoms with E-state index in [1.54, 1.807) is 30.3 Å². The summed E-state index contributed by atoms with van der Waals surface area (Å²) in [5.74, 6) is -5.87. The second-order valence-electron chi connectivity index (χ2n) is 11.3. The molecule has 0 saturated carbocycles. The van der Waals surface area contributed by atoms with Gasteiger partial charge in [-0.2, -0.15) is 12.6 Å². The minimum atomic E-state index is -1.59. The number of amides is 6. The van der Waals surface area contributed by atoms with E-state index < -0.39 is 84.6 Å². The van der Waals surface area contributed by atoms with Crippen molar-refractivity contribution in [2.75, 3.05) is 25.4 Å². The third-order valence-corrected chi connectivity index (χ3v) is 7.73. The Bertz CT molecular complexity index is 1340. The SMILES string of the molecule is NC(N)=NCCC[C@@H]1NC(=O)[C@H](CCCCNC(=O)C(N)CS)NC(=O)[C@H](Cc2ccccc2)NC(=O)[C@H](CC(=O)O)NC(=O)CNC1=O. The minimum Gasteiger partial charge on any atom is -0.481 e. The summed E-state index contributed by atoms with van der Waals surface area (Å²) in [5.41, 5.74) is 17.1. The molecule has 6 amide bonds. The van der Waals surface area contributed by atoms with Gasteiger partial charge in [0.05, 0.1) is 19.0 Å². The Morgan fingerprint density at radius 1 is 0.857 bits per heavy atom. The molecule has 2 rings (SSSR count). The van der Waals surface area contributed by atoms with Crippen LogP contribution in [0.25, 0.3) is 0 Å². The zero-order valence-corrected chi connectivity index (χ0v) is 27.9. The molecule has 19 heteroatoms. The van der Waals surface area contributed by atoms with Gasteiger partial charge >= 0.3 is 5.97 Å². The first-order valence-corrected chi connectivity index (χ1v) is 16.4. The second-order valence-corrected chi connectivity index (χ2v) is 11.7. The van der Waals surface area contributed by atoms with Gasteiger partial charge in [0.25, 0.3) is 0 Å². The van der Waals surface area contributed by atoms with E-state index in [0.717, 1.165) is 0 Å². The first-order valence-electron chi connectivity index (χ1n) is 15.7. The number of benzene rings is 1. The number of hydrogen-bond acceptors (Lipinski definition) is 10. The molecule has 5 atom stereocenters. The van der Waals surface area contributed by atoms with E-state index in [2.05, 4.69) is 49.5 Å². The molecule has 49 heavy (non-hydrogen) atoms. The smallest absolute Gasteiger partial charge is 0.305 e. The Labute approximate surface area is 288 Å². The summed E-state index contributed by atoms with van der Waals surface area (Å²) >= 11 is 4.00. The maximum absolute atomic E-state index is 13.8. The number of nitrogens with zero attached hydrogens (tertiary/aromatic N) is 1. The monoisotopic (exact) mass is 706 g/mol. The second kappa shape index (κ2) is 21.1. The standard InChI is InChI=1S/C30H46N10O8S/c31-18(16-49)25(44)34-11-5-4-9-20-27(46)38-19(10-6-12-35-30(32)33)26(45)36-15-23(41)37-22(14-24(42)43)29(48)40-21(28(47)39-20)13-17-7-2-1-3-8-17/h1-3,7-8,18-22,49H,4-6,9-16,31H2,(H,34,44)(H,36,45)(H,37,41)(H,38,46)(H,39,47)(H,40,48)(H,42,43)(H4,32,33,35)/t18?,19-,20-,21-,22-/m0/s1. The van der Waals surface area contributed by atoms with Crippen LogP contribution < -0.4 is 49.1 Å². The lowest BCUT2D eigenvalue weighted by molar-refractivity contribution is -0.141. The maximum Gasteiger partial charge on any atom is 0.305 e. The summed E-state index contributed by atoms with van der Waals surface area (Å²) in [6.45, 7) is -0.271. The van der Waals surface area contributed by atoms with Crippen molar-refractivity contribution in [2.45, 2.75) is 75.2 Å². The molecule has 0 radical (unpaired) electrons. The van der Waals surface area contributed by atoms with Crippen LogP contribution in [0.1, 0.15) is 44.1 Å². The van der Waals surface area contributed by atoms with Crippen LogP contribution in [-0.4, -0.2) is 108 Å². The van der Waals surface area contributed by atoms with E-state index in [9.17, 15) is 38.7 Å². The molecule has 0 aliphatic carbocycles. The molecule has 1 fully saturated rings. The number of hydrogen-bond donors (Lipinski definition) is 11. The average molecular weight is 707 g/mol. The van der Waals surface area contributed by atoms with Crippen LogP contribution in [0.4, 0.5) is 0 Å². The number of aliphatic imine (C=N–C) groups is 1. The largest absolute Gasteiger partial charge is 0.481 e. The lowest BCUT2D eigenvalue weighted by atomic mass is 10.0. The molecule has 0 spiro atoms. The number of thiol groups is 1. The van der Waals surface area contributed by atoms with Crippen LogP contribution in [0.15, 0.2) is 35.3 Å². The number of rotatable bonds is 15. The van der Waals surface area contributed by atoms with Gasteiger partial charge in [0.15, 0.2) is 5.96 Å². The van der Waals surface area contributed by atoms with Gasteiger partial charge in [-0.25, -0.2) is 0 Å². The number of nitrogens with one attached hydrogen (secondary N) is 6. The Morgan fingerprint density at radius 3 is 2.08 bits per heavy atom. The topological polar surface area (TPSA) is 302 Å². The number of aliphatic carboxylic acids is 1. The molecule has 1 heterocycles. The highest BCUT2D eigenvalue weighted by Gasteiger charge is 2.33. The molecule has 1 aliphatic rings. The van der Waals surface area contributed by atoms with Crippen LogP contribution in [0.3, 0.4) is 0 Å². The molecule has 1 aromatic rings. The lowest BCUT2D eigenvalue weighted by Gasteiger charge is -2.26. The predicted octanol–water partition coefficient (Wildman–Crippen LogP) is -3.63. The Morgan fingerprint density at radius 2 is 1.45 bits per heavy atom. The summed E-state index contributed by atoms with van der Waals surface area (Å²) in [5, 5.41) is 24.6. The molecule has 13 N–H and O–H groups in total. The van der Waals surface area contributed by atoms with Gasteiger partial charge in [0.1, 0.15) is 24.2 Å². The maximum atomic E-state index is 13.8. The minimum absolute atomic E-state index is 0.0363. The fourth-order valence-corrected chi connectivity index (χ4v) is 4.90. The zero-order chi connectivity index (χ0) is 36.3. The number of carboxylic acids is 1. The summed E-state index contributed by atoms with van der Waals surface area (Å²) in [6, 6.07) is 2.59. The molecule has 1 saturated heterocycles. The number of carbonyl (C=O) groups excluding carboxylic acids is 6. The van der Waals surface area contributed by atoms with Crippen molar-refractivity contribution in [1.82, 2.24) is 31.9 Å². The van der Waals surface area contributed by atoms with Crippen molar-refractivity contribution in [3.63, 3.8) is 0 Å². The Kier molecular flexibility index (Phi) is 17.4. The van der Waals surface area contributed by atoms with Crippen LogP contribution in [0.5, 0.6) is 0 Å². The van der Waals surface area contributed by atoms with Gasteiger partial charge < -0.3 is 54.2 Å². The highest BCUT2D eigenvalue weighted by Crippen LogP contribution is 2.09. The van der Waals surface area contributed by atoms with Crippen molar-refractivity contribution in [3.05, 3.63) is 35.9 Å². The molecule has 270 valence electrons. The van der Waals surface area contributed by atoms with Crippen molar-refractivity contribution < 1.29 is 38.7 Å². The van der Waals surface area contributed by atoms with Crippen molar-refractivity contribution in [3.8, 4) is 0 Å². The molecule has 0 bridgehead atoms. The van der Waals surface area contributed by atoms with Gasteiger partial charge in [-0.05, 0) is 37.7 Å². The zero-order valence-electron chi connectivity index (χ0n) is 27.0. The molecular weight excluding hydrogens is 660 g/mol. The average Bonchev–Trinajstić information content (AvgIpc) is 3.06. The molecule has 1 aliphatic heterocycles. The van der Waals surface area contributed by atoms with E-state index in [-0.39, 0.29) is 50.5 Å². The number of unbranched alkanes of at least 4 members (excludes halogenated alkanes) is 1. The fraction of sp³-hybridized carbons (Fsp3) is 0.533. The predicted molar refractivity (Wildman–Crippen MR) is 182 cm³/mol. The molecule has 18 nitrogen and oxygen atoms in total. The first-order chi connectivity index (χ1) is 23.3. The highest BCUT2D eigenvalue weighted by molar-refractivity contribution is 7.80. The van der Waals surface area contributed by atoms with Gasteiger partial charge in [-0.15, -0.1) is 0 Å². The van der Waals surface area contributed by atoms with E-state index in [1.807, 2.05) is 0 Å². The summed E-state index contributed by atoms with van der Waals surface area (Å²) in [6.07, 6.45) is 0.273. The van der Waals surface area contributed by atoms with Crippen LogP contribution >= 0.6 is 12.6 Å². The fourth-order valence-electron chi connectivity index (χ4n) is 4.74. The van der Waals surface area contributed by atoms with Crippen LogP contribution in [-0.2, 0) is 40.0 Å². The first kappa shape index (κ1) is 40.3. The summed E-state index contributed by atoms with van der Waals surface area (Å²) in [7, 11) is 0. The normalized spacial score (nSPS) is 21.3. The van der Waals surface area contributed by atoms with Crippen molar-refractivity contribution >= 4 is 60.0 Å². The van der Waals surface area contributed by atoms with Gasteiger partial charge in [-0.3, -0.25) is 38.6 Å². The van der Waals surface area contributed by atoms with E-state index in [0.29, 0.717) is 18.4 Å². The van der Waals surface area contributed by atoms with Gasteiger partial charge in [0, 0.05) is 25.3 Å². The van der Waals surface area contributed by atoms with Crippen molar-refractivity contribution in [1.29, 1.82) is 0 Å². The molecule has 1 aromatic carbocycles. The third-order valence-electron chi connectivity index (χ3n) is 7.33. The van der Waals surface area contributed by atoms with E-state index >= 15 is 0 Å². The molecule has 1 unspecified atom stereocenters. The number of carbonyl (C=O) groups is 7. The molecule has 0 aromatic heterocycles. The van der Waals surface area contributed by atoms with Crippen LogP contribution in [0.2, 0.25) is 0 Å². The third kappa shape index (κ3) is 15.2. The number of guanidine groups is 1. The Hall–Kier alpha value is -4.91. The number of nitrogens with two attached hydrogens (primary N) is 3. The summed E-state index contributed by atoms with van der Waals surface area (Å²) in [4.78, 5) is 94.0.